The van der Waals surface area contributed by atoms with Gasteiger partial charge in [0.1, 0.15) is 0 Å². The van der Waals surface area contributed by atoms with Crippen LogP contribution in [0.1, 0.15) is 53.7 Å². The Balaban J connectivity index is 2.22. The Hall–Kier alpha value is -0.830. The monoisotopic (exact) mass is 251 g/mol. The fourth-order valence-electron chi connectivity index (χ4n) is 2.28. The summed E-state index contributed by atoms with van der Waals surface area (Å²) in [4.78, 5) is 16.7. The molecule has 1 aromatic rings. The molecule has 1 aliphatic carbocycles. The summed E-state index contributed by atoms with van der Waals surface area (Å²) in [7, 11) is 0. The van der Waals surface area contributed by atoms with Crippen molar-refractivity contribution in [3.05, 3.63) is 21.4 Å². The molecule has 2 rings (SSSR count). The first-order valence-electron chi connectivity index (χ1n) is 6.46. The lowest BCUT2D eigenvalue weighted by Gasteiger charge is -2.26. The molecule has 0 radical (unpaired) electrons. The maximum atomic E-state index is 12.5. The third-order valence-corrected chi connectivity index (χ3v) is 4.42. The summed E-state index contributed by atoms with van der Waals surface area (Å²) in [5.41, 5.74) is 1.32. The summed E-state index contributed by atoms with van der Waals surface area (Å²) in [5.74, 6) is 0.232. The van der Waals surface area contributed by atoms with E-state index in [-0.39, 0.29) is 5.91 Å². The number of hydrogen-bond donors (Lipinski definition) is 0. The van der Waals surface area contributed by atoms with Crippen LogP contribution in [-0.2, 0) is 6.42 Å². The summed E-state index contributed by atoms with van der Waals surface area (Å²) >= 11 is 1.65. The van der Waals surface area contributed by atoms with Crippen LogP contribution in [0.5, 0.6) is 0 Å². The van der Waals surface area contributed by atoms with E-state index < -0.39 is 0 Å². The minimum absolute atomic E-state index is 0.232. The maximum Gasteiger partial charge on any atom is 0.264 e. The minimum atomic E-state index is 0.232. The molecule has 0 atom stereocenters. The van der Waals surface area contributed by atoms with Crippen LogP contribution >= 0.6 is 11.3 Å². The molecular weight excluding hydrogens is 230 g/mol. The van der Waals surface area contributed by atoms with Crippen molar-refractivity contribution < 1.29 is 4.79 Å². The zero-order valence-electron chi connectivity index (χ0n) is 11.1. The Kier molecular flexibility index (Phi) is 3.57. The second-order valence-corrected chi connectivity index (χ2v) is 6.34. The van der Waals surface area contributed by atoms with Gasteiger partial charge in [0.2, 0.25) is 0 Å². The number of thiophene rings is 1. The highest BCUT2D eigenvalue weighted by Gasteiger charge is 2.35. The lowest BCUT2D eigenvalue weighted by molar-refractivity contribution is 0.0695. The highest BCUT2D eigenvalue weighted by molar-refractivity contribution is 7.14. The summed E-state index contributed by atoms with van der Waals surface area (Å²) in [5, 5.41) is 0. The van der Waals surface area contributed by atoms with Crippen molar-refractivity contribution in [2.75, 3.05) is 0 Å². The van der Waals surface area contributed by atoms with E-state index in [1.807, 2.05) is 0 Å². The van der Waals surface area contributed by atoms with Gasteiger partial charge in [-0.1, -0.05) is 6.92 Å². The fourth-order valence-corrected chi connectivity index (χ4v) is 3.34. The Morgan fingerprint density at radius 3 is 2.59 bits per heavy atom. The molecule has 1 aromatic heterocycles. The predicted octanol–water partition coefficient (Wildman–Crippen LogP) is 3.63. The van der Waals surface area contributed by atoms with Crippen LogP contribution in [0.3, 0.4) is 0 Å². The van der Waals surface area contributed by atoms with Gasteiger partial charge in [0.15, 0.2) is 0 Å². The highest BCUT2D eigenvalue weighted by Crippen LogP contribution is 2.32. The Bertz CT molecular complexity index is 416. The predicted molar refractivity (Wildman–Crippen MR) is 72.8 cm³/mol. The Morgan fingerprint density at radius 1 is 1.53 bits per heavy atom. The summed E-state index contributed by atoms with van der Waals surface area (Å²) in [6.45, 7) is 8.47. The number of amides is 1. The molecule has 0 aliphatic heterocycles. The summed E-state index contributed by atoms with van der Waals surface area (Å²) < 4.78 is 0. The van der Waals surface area contributed by atoms with E-state index in [9.17, 15) is 4.79 Å². The van der Waals surface area contributed by atoms with Crippen LogP contribution in [0, 0.1) is 6.92 Å². The zero-order chi connectivity index (χ0) is 12.6. The molecule has 0 spiro atoms. The van der Waals surface area contributed by atoms with Crippen LogP contribution in [0.2, 0.25) is 0 Å². The first-order chi connectivity index (χ1) is 8.04. The van der Waals surface area contributed by atoms with Gasteiger partial charge in [-0.25, -0.2) is 0 Å². The average Bonchev–Trinajstić information content (AvgIpc) is 3.00. The molecular formula is C14H21NOS. The molecule has 0 saturated heterocycles. The molecule has 94 valence electrons. The average molecular weight is 251 g/mol. The van der Waals surface area contributed by atoms with Gasteiger partial charge in [-0.2, -0.15) is 0 Å². The number of aryl methyl sites for hydroxylation is 2. The molecule has 0 aromatic carbocycles. The number of rotatable bonds is 4. The highest BCUT2D eigenvalue weighted by atomic mass is 32.1. The second-order valence-electron chi connectivity index (χ2n) is 5.08. The molecule has 1 heterocycles. The van der Waals surface area contributed by atoms with Crippen LogP contribution in [0.4, 0.5) is 0 Å². The van der Waals surface area contributed by atoms with Gasteiger partial charge in [-0.3, -0.25) is 4.79 Å². The largest absolute Gasteiger partial charge is 0.333 e. The zero-order valence-corrected chi connectivity index (χ0v) is 11.9. The fraction of sp³-hybridized carbons (Fsp3) is 0.643. The standard InChI is InChI=1S/C14H21NOS/c1-5-11-8-13(17-10(11)4)14(16)15(9(2)3)12-6-7-12/h8-9,12H,5-7H2,1-4H3. The van der Waals surface area contributed by atoms with Crippen molar-refractivity contribution in [2.45, 2.75) is 59.0 Å². The Morgan fingerprint density at radius 2 is 2.18 bits per heavy atom. The van der Waals surface area contributed by atoms with E-state index in [0.717, 1.165) is 11.3 Å². The van der Waals surface area contributed by atoms with Gasteiger partial charge in [-0.15, -0.1) is 11.3 Å². The van der Waals surface area contributed by atoms with Gasteiger partial charge in [-0.05, 0) is 51.7 Å². The van der Waals surface area contributed by atoms with Gasteiger partial charge in [0, 0.05) is 17.0 Å². The van der Waals surface area contributed by atoms with Crippen LogP contribution in [-0.4, -0.2) is 22.9 Å². The molecule has 0 bridgehead atoms. The number of carbonyl (C=O) groups excluding carboxylic acids is 1. The first-order valence-corrected chi connectivity index (χ1v) is 7.28. The number of carbonyl (C=O) groups is 1. The van der Waals surface area contributed by atoms with Crippen molar-refractivity contribution in [1.29, 1.82) is 0 Å². The molecule has 2 nitrogen and oxygen atoms in total. The summed E-state index contributed by atoms with van der Waals surface area (Å²) in [6, 6.07) is 2.89. The third-order valence-electron chi connectivity index (χ3n) is 3.34. The number of nitrogens with zero attached hydrogens (tertiary/aromatic N) is 1. The molecule has 1 aliphatic rings. The third kappa shape index (κ3) is 2.54. The number of hydrogen-bond acceptors (Lipinski definition) is 2. The molecule has 3 heteroatoms. The molecule has 0 N–H and O–H groups in total. The van der Waals surface area contributed by atoms with Gasteiger partial charge >= 0.3 is 0 Å². The van der Waals surface area contributed by atoms with E-state index in [1.54, 1.807) is 11.3 Å². The van der Waals surface area contributed by atoms with Gasteiger partial charge in [0.25, 0.3) is 5.91 Å². The van der Waals surface area contributed by atoms with Crippen LogP contribution < -0.4 is 0 Å². The van der Waals surface area contributed by atoms with Crippen molar-refractivity contribution in [2.24, 2.45) is 0 Å². The van der Waals surface area contributed by atoms with E-state index in [1.165, 1.54) is 23.3 Å². The van der Waals surface area contributed by atoms with Gasteiger partial charge in [0.05, 0.1) is 4.88 Å². The topological polar surface area (TPSA) is 20.3 Å². The lowest BCUT2D eigenvalue weighted by Crippen LogP contribution is -2.38. The second kappa shape index (κ2) is 4.81. The molecule has 0 unspecified atom stereocenters. The van der Waals surface area contributed by atoms with Gasteiger partial charge < -0.3 is 4.90 Å². The summed E-state index contributed by atoms with van der Waals surface area (Å²) in [6.07, 6.45) is 3.37. The minimum Gasteiger partial charge on any atom is -0.333 e. The van der Waals surface area contributed by atoms with Crippen molar-refractivity contribution in [3.63, 3.8) is 0 Å². The maximum absolute atomic E-state index is 12.5. The lowest BCUT2D eigenvalue weighted by atomic mass is 10.2. The SMILES string of the molecule is CCc1cc(C(=O)N(C(C)C)C2CC2)sc1C. The molecule has 1 saturated carbocycles. The Labute approximate surface area is 108 Å². The van der Waals surface area contributed by atoms with Crippen LogP contribution in [0.15, 0.2) is 6.07 Å². The van der Waals surface area contributed by atoms with E-state index in [2.05, 4.69) is 38.7 Å². The van der Waals surface area contributed by atoms with Crippen molar-refractivity contribution in [1.82, 2.24) is 4.90 Å². The molecule has 1 fully saturated rings. The smallest absolute Gasteiger partial charge is 0.264 e. The molecule has 1 amide bonds. The van der Waals surface area contributed by atoms with E-state index >= 15 is 0 Å². The van der Waals surface area contributed by atoms with Crippen molar-refractivity contribution in [3.8, 4) is 0 Å². The van der Waals surface area contributed by atoms with Crippen molar-refractivity contribution >= 4 is 17.2 Å². The van der Waals surface area contributed by atoms with Crippen LogP contribution in [0.25, 0.3) is 0 Å². The van der Waals surface area contributed by atoms with E-state index in [0.29, 0.717) is 12.1 Å². The molecule has 17 heavy (non-hydrogen) atoms. The van der Waals surface area contributed by atoms with E-state index in [4.69, 9.17) is 0 Å². The normalized spacial score (nSPS) is 15.4. The quantitative estimate of drug-likeness (QED) is 0.800. The first kappa shape index (κ1) is 12.6.